The molecule has 1 atom stereocenters. The minimum atomic E-state index is -0.576. The van der Waals surface area contributed by atoms with Crippen molar-refractivity contribution in [2.75, 3.05) is 34.3 Å². The second-order valence-electron chi connectivity index (χ2n) is 5.80. The number of ether oxygens (including phenoxy) is 1. The van der Waals surface area contributed by atoms with Crippen LogP contribution in [0.15, 0.2) is 24.4 Å². The molecule has 1 fully saturated rings. The van der Waals surface area contributed by atoms with Gasteiger partial charge in [-0.25, -0.2) is 4.79 Å². The van der Waals surface area contributed by atoms with Crippen molar-refractivity contribution < 1.29 is 9.53 Å². The minimum Gasteiger partial charge on any atom is -0.468 e. The number of carbonyl (C=O) groups excluding carboxylic acids is 1. The highest BCUT2D eigenvalue weighted by Crippen LogP contribution is 2.40. The van der Waals surface area contributed by atoms with E-state index in [0.717, 1.165) is 31.5 Å². The smallest absolute Gasteiger partial charge is 0.327 e. The van der Waals surface area contributed by atoms with Gasteiger partial charge < -0.3 is 15.0 Å². The van der Waals surface area contributed by atoms with Crippen molar-refractivity contribution in [3.63, 3.8) is 0 Å². The average Bonchev–Trinajstić information content (AvgIpc) is 3.36. The molecule has 0 aromatic carbocycles. The van der Waals surface area contributed by atoms with E-state index in [0.29, 0.717) is 12.5 Å². The topological polar surface area (TPSA) is 54.5 Å². The molecule has 0 aliphatic heterocycles. The predicted molar refractivity (Wildman–Crippen MR) is 82.0 cm³/mol. The van der Waals surface area contributed by atoms with Crippen molar-refractivity contribution in [2.45, 2.75) is 24.8 Å². The summed E-state index contributed by atoms with van der Waals surface area (Å²) in [6.45, 7) is 1.53. The standard InChI is InChI=1S/C16H25N3O2/c1-17-16(13-7-8-13,15(20)21-3)12-19(2)11-9-14-6-4-5-10-18-14/h4-6,10,13,17H,7-9,11-12H2,1-3H3. The molecule has 21 heavy (non-hydrogen) atoms. The molecule has 1 heterocycles. The monoisotopic (exact) mass is 291 g/mol. The Balaban J connectivity index is 1.95. The van der Waals surface area contributed by atoms with Gasteiger partial charge in [0, 0.05) is 31.4 Å². The van der Waals surface area contributed by atoms with Gasteiger partial charge in [-0.3, -0.25) is 4.98 Å². The second-order valence-corrected chi connectivity index (χ2v) is 5.80. The largest absolute Gasteiger partial charge is 0.468 e. The van der Waals surface area contributed by atoms with Gasteiger partial charge in [-0.05, 0) is 45.0 Å². The van der Waals surface area contributed by atoms with E-state index >= 15 is 0 Å². The van der Waals surface area contributed by atoms with Crippen LogP contribution in [0.25, 0.3) is 0 Å². The van der Waals surface area contributed by atoms with Gasteiger partial charge in [-0.1, -0.05) is 6.07 Å². The number of esters is 1. The highest BCUT2D eigenvalue weighted by atomic mass is 16.5. The van der Waals surface area contributed by atoms with Crippen LogP contribution in [0.1, 0.15) is 18.5 Å². The Hall–Kier alpha value is -1.46. The molecule has 1 unspecified atom stereocenters. The Kier molecular flexibility index (Phi) is 5.31. The number of nitrogens with one attached hydrogen (secondary N) is 1. The lowest BCUT2D eigenvalue weighted by Crippen LogP contribution is -2.59. The molecule has 5 heteroatoms. The first-order valence-corrected chi connectivity index (χ1v) is 7.48. The van der Waals surface area contributed by atoms with Gasteiger partial charge in [0.15, 0.2) is 0 Å². The van der Waals surface area contributed by atoms with Crippen LogP contribution in [0, 0.1) is 5.92 Å². The highest BCUT2D eigenvalue weighted by Gasteiger charge is 2.51. The summed E-state index contributed by atoms with van der Waals surface area (Å²) in [6.07, 6.45) is 4.86. The first-order valence-electron chi connectivity index (χ1n) is 7.48. The van der Waals surface area contributed by atoms with Crippen molar-refractivity contribution in [1.82, 2.24) is 15.2 Å². The maximum atomic E-state index is 12.2. The maximum absolute atomic E-state index is 12.2. The molecule has 1 aromatic rings. The van der Waals surface area contributed by atoms with Gasteiger partial charge >= 0.3 is 5.97 Å². The molecule has 0 radical (unpaired) electrons. The first kappa shape index (κ1) is 15.9. The van der Waals surface area contributed by atoms with E-state index in [1.165, 1.54) is 7.11 Å². The fourth-order valence-electron chi connectivity index (χ4n) is 2.86. The van der Waals surface area contributed by atoms with E-state index in [1.807, 2.05) is 38.5 Å². The Morgan fingerprint density at radius 3 is 2.81 bits per heavy atom. The molecule has 1 aliphatic rings. The number of rotatable bonds is 8. The molecule has 0 bridgehead atoms. The van der Waals surface area contributed by atoms with Gasteiger partial charge in [0.2, 0.25) is 0 Å². The van der Waals surface area contributed by atoms with E-state index in [4.69, 9.17) is 4.74 Å². The first-order chi connectivity index (χ1) is 10.1. The van der Waals surface area contributed by atoms with Gasteiger partial charge in [-0.2, -0.15) is 0 Å². The Bertz CT molecular complexity index is 462. The van der Waals surface area contributed by atoms with Crippen LogP contribution in [0.4, 0.5) is 0 Å². The highest BCUT2D eigenvalue weighted by molar-refractivity contribution is 5.82. The third-order valence-electron chi connectivity index (χ3n) is 4.27. The number of aromatic nitrogens is 1. The number of methoxy groups -OCH3 is 1. The molecule has 2 rings (SSSR count). The maximum Gasteiger partial charge on any atom is 0.327 e. The summed E-state index contributed by atoms with van der Waals surface area (Å²) in [4.78, 5) is 18.7. The van der Waals surface area contributed by atoms with Crippen LogP contribution >= 0.6 is 0 Å². The number of hydrogen-bond acceptors (Lipinski definition) is 5. The summed E-state index contributed by atoms with van der Waals surface area (Å²) < 4.78 is 5.03. The van der Waals surface area contributed by atoms with Crippen molar-refractivity contribution >= 4 is 5.97 Å². The number of pyridine rings is 1. The third-order valence-corrected chi connectivity index (χ3v) is 4.27. The van der Waals surface area contributed by atoms with Crippen LogP contribution in [0.2, 0.25) is 0 Å². The van der Waals surface area contributed by atoms with Crippen LogP contribution in [0.3, 0.4) is 0 Å². The summed E-state index contributed by atoms with van der Waals surface area (Å²) in [5.74, 6) is 0.226. The molecule has 1 aliphatic carbocycles. The Morgan fingerprint density at radius 1 is 1.52 bits per heavy atom. The zero-order valence-electron chi connectivity index (χ0n) is 13.1. The Labute approximate surface area is 126 Å². The van der Waals surface area contributed by atoms with Crippen molar-refractivity contribution in [3.8, 4) is 0 Å². The molecular weight excluding hydrogens is 266 g/mol. The summed E-state index contributed by atoms with van der Waals surface area (Å²) in [5.41, 5.74) is 0.497. The van der Waals surface area contributed by atoms with Gasteiger partial charge in [0.05, 0.1) is 7.11 Å². The normalized spacial score (nSPS) is 17.5. The van der Waals surface area contributed by atoms with Crippen molar-refractivity contribution in [3.05, 3.63) is 30.1 Å². The summed E-state index contributed by atoms with van der Waals surface area (Å²) >= 11 is 0. The minimum absolute atomic E-state index is 0.155. The van der Waals surface area contributed by atoms with Crippen LogP contribution < -0.4 is 5.32 Å². The van der Waals surface area contributed by atoms with Gasteiger partial charge in [-0.15, -0.1) is 0 Å². The van der Waals surface area contributed by atoms with Crippen molar-refractivity contribution in [2.24, 2.45) is 5.92 Å². The molecular formula is C16H25N3O2. The molecule has 1 N–H and O–H groups in total. The Morgan fingerprint density at radius 2 is 2.29 bits per heavy atom. The molecule has 0 amide bonds. The van der Waals surface area contributed by atoms with E-state index in [9.17, 15) is 4.79 Å². The lowest BCUT2D eigenvalue weighted by atomic mass is 9.92. The molecule has 1 saturated carbocycles. The zero-order chi connectivity index (χ0) is 15.3. The van der Waals surface area contributed by atoms with Crippen molar-refractivity contribution in [1.29, 1.82) is 0 Å². The zero-order valence-corrected chi connectivity index (χ0v) is 13.1. The summed E-state index contributed by atoms with van der Waals surface area (Å²) in [5, 5.41) is 3.23. The average molecular weight is 291 g/mol. The molecule has 0 saturated heterocycles. The lowest BCUT2D eigenvalue weighted by molar-refractivity contribution is -0.150. The quantitative estimate of drug-likeness (QED) is 0.727. The van der Waals surface area contributed by atoms with Gasteiger partial charge in [0.25, 0.3) is 0 Å². The summed E-state index contributed by atoms with van der Waals surface area (Å²) in [6, 6.07) is 5.95. The van der Waals surface area contributed by atoms with Crippen LogP contribution in [-0.4, -0.2) is 55.7 Å². The predicted octanol–water partition coefficient (Wildman–Crippen LogP) is 1.10. The fraction of sp³-hybridized carbons (Fsp3) is 0.625. The number of nitrogens with zero attached hydrogens (tertiary/aromatic N) is 2. The molecule has 0 spiro atoms. The fourth-order valence-corrected chi connectivity index (χ4v) is 2.86. The van der Waals surface area contributed by atoms with E-state index < -0.39 is 5.54 Å². The number of carbonyl (C=O) groups is 1. The third kappa shape index (κ3) is 3.80. The van der Waals surface area contributed by atoms with Crippen LogP contribution in [-0.2, 0) is 16.0 Å². The van der Waals surface area contributed by atoms with E-state index in [1.54, 1.807) is 0 Å². The second kappa shape index (κ2) is 7.00. The molecule has 116 valence electrons. The van der Waals surface area contributed by atoms with E-state index in [2.05, 4.69) is 15.2 Å². The summed E-state index contributed by atoms with van der Waals surface area (Å²) in [7, 11) is 5.35. The molecule has 5 nitrogen and oxygen atoms in total. The number of likely N-dealkylation sites (N-methyl/N-ethyl adjacent to an activating group) is 2. The molecule has 1 aromatic heterocycles. The SMILES string of the molecule is CNC(CN(C)CCc1ccccn1)(C(=O)OC)C1CC1. The van der Waals surface area contributed by atoms with Crippen LogP contribution in [0.5, 0.6) is 0 Å². The lowest BCUT2D eigenvalue weighted by Gasteiger charge is -2.34. The van der Waals surface area contributed by atoms with Gasteiger partial charge in [0.1, 0.15) is 5.54 Å². The van der Waals surface area contributed by atoms with E-state index in [-0.39, 0.29) is 5.97 Å². The number of hydrogen-bond donors (Lipinski definition) is 1.